The first-order valence-electron chi connectivity index (χ1n) is 9.69. The quantitative estimate of drug-likeness (QED) is 0.610. The van der Waals surface area contributed by atoms with Gasteiger partial charge in [-0.2, -0.15) is 4.31 Å². The molecule has 0 atom stereocenters. The van der Waals surface area contributed by atoms with E-state index in [1.54, 1.807) is 30.7 Å². The van der Waals surface area contributed by atoms with E-state index in [1.165, 1.54) is 17.7 Å². The Balaban J connectivity index is 1.81. The van der Waals surface area contributed by atoms with Gasteiger partial charge >= 0.3 is 0 Å². The minimum absolute atomic E-state index is 0.299. The predicted octanol–water partition coefficient (Wildman–Crippen LogP) is 3.94. The number of thiophene rings is 1. The highest BCUT2D eigenvalue weighted by Crippen LogP contribution is 2.40. The van der Waals surface area contributed by atoms with Crippen LogP contribution in [0.2, 0.25) is 0 Å². The van der Waals surface area contributed by atoms with Gasteiger partial charge in [0.05, 0.1) is 19.6 Å². The summed E-state index contributed by atoms with van der Waals surface area (Å²) in [6.07, 6.45) is 4.27. The third-order valence-corrected chi connectivity index (χ3v) is 8.38. The highest BCUT2D eigenvalue weighted by atomic mass is 32.2. The van der Waals surface area contributed by atoms with E-state index in [9.17, 15) is 8.42 Å². The molecule has 4 rings (SSSR count). The summed E-state index contributed by atoms with van der Waals surface area (Å²) in [6, 6.07) is 5.39. The van der Waals surface area contributed by atoms with E-state index >= 15 is 0 Å². The van der Waals surface area contributed by atoms with Gasteiger partial charge in [-0.25, -0.2) is 18.4 Å². The second-order valence-corrected chi connectivity index (χ2v) is 10.1. The van der Waals surface area contributed by atoms with Gasteiger partial charge in [-0.3, -0.25) is 0 Å². The molecule has 0 bridgehead atoms. The normalized spacial score (nSPS) is 15.3. The summed E-state index contributed by atoms with van der Waals surface area (Å²) in [6.45, 7) is 2.92. The maximum Gasteiger partial charge on any atom is 0.244 e. The zero-order chi connectivity index (χ0) is 21.3. The van der Waals surface area contributed by atoms with Gasteiger partial charge in [0.1, 0.15) is 21.9 Å². The number of methoxy groups -OCH3 is 2. The summed E-state index contributed by atoms with van der Waals surface area (Å²) >= 11 is 1.37. The van der Waals surface area contributed by atoms with Gasteiger partial charge in [0.15, 0.2) is 11.5 Å². The lowest BCUT2D eigenvalue weighted by Crippen LogP contribution is -2.35. The van der Waals surface area contributed by atoms with E-state index in [2.05, 4.69) is 15.3 Å². The fourth-order valence-corrected chi connectivity index (χ4v) is 6.91. The lowest BCUT2D eigenvalue weighted by atomic mass is 10.2. The van der Waals surface area contributed by atoms with Gasteiger partial charge in [0.2, 0.25) is 10.0 Å². The van der Waals surface area contributed by atoms with Crippen molar-refractivity contribution < 1.29 is 17.9 Å². The lowest BCUT2D eigenvalue weighted by molar-refractivity contribution is 0.347. The summed E-state index contributed by atoms with van der Waals surface area (Å²) in [4.78, 5) is 10.3. The van der Waals surface area contributed by atoms with Crippen molar-refractivity contribution in [2.24, 2.45) is 0 Å². The maximum absolute atomic E-state index is 13.5. The summed E-state index contributed by atoms with van der Waals surface area (Å²) in [5.74, 6) is 1.62. The Morgan fingerprint density at radius 1 is 1.07 bits per heavy atom. The molecule has 0 saturated carbocycles. The number of nitrogens with zero attached hydrogens (tertiary/aromatic N) is 3. The number of fused-ring (bicyclic) bond motifs is 1. The Kier molecular flexibility index (Phi) is 5.81. The Labute approximate surface area is 179 Å². The third kappa shape index (κ3) is 3.70. The molecule has 1 saturated heterocycles. The van der Waals surface area contributed by atoms with Crippen molar-refractivity contribution in [3.8, 4) is 11.5 Å². The number of rotatable bonds is 6. The number of piperidine rings is 1. The molecule has 3 heterocycles. The number of ether oxygens (including phenoxy) is 2. The van der Waals surface area contributed by atoms with Crippen LogP contribution >= 0.6 is 11.3 Å². The molecule has 1 aliphatic heterocycles. The molecule has 0 spiro atoms. The molecule has 30 heavy (non-hydrogen) atoms. The van der Waals surface area contributed by atoms with Crippen LogP contribution in [0.25, 0.3) is 10.2 Å². The van der Waals surface area contributed by atoms with Crippen LogP contribution in [0, 0.1) is 6.92 Å². The lowest BCUT2D eigenvalue weighted by Gasteiger charge is -2.26. The standard InChI is InChI=1S/C20H24N4O4S2/c1-13-18(30(25,26)24-9-5-4-6-10-24)17-19(21-12-22-20(17)29-13)23-14-7-8-15(27-2)16(11-14)28-3/h7-8,11-12H,4-6,9-10H2,1-3H3,(H,21,22,23). The number of hydrogen-bond acceptors (Lipinski definition) is 8. The van der Waals surface area contributed by atoms with Gasteiger partial charge in [-0.05, 0) is 31.9 Å². The van der Waals surface area contributed by atoms with Crippen molar-refractivity contribution in [2.45, 2.75) is 31.1 Å². The molecule has 0 amide bonds. The van der Waals surface area contributed by atoms with E-state index in [0.29, 0.717) is 56.1 Å². The summed E-state index contributed by atoms with van der Waals surface area (Å²) in [5, 5.41) is 3.77. The number of benzene rings is 1. The zero-order valence-electron chi connectivity index (χ0n) is 17.1. The Hall–Kier alpha value is -2.43. The topological polar surface area (TPSA) is 93.7 Å². The van der Waals surface area contributed by atoms with Crippen LogP contribution in [-0.2, 0) is 10.0 Å². The average Bonchev–Trinajstić information content (AvgIpc) is 3.11. The largest absolute Gasteiger partial charge is 0.493 e. The minimum atomic E-state index is -3.64. The minimum Gasteiger partial charge on any atom is -0.493 e. The van der Waals surface area contributed by atoms with Gasteiger partial charge in [-0.1, -0.05) is 6.42 Å². The van der Waals surface area contributed by atoms with Crippen LogP contribution < -0.4 is 14.8 Å². The van der Waals surface area contributed by atoms with Crippen molar-refractivity contribution in [3.63, 3.8) is 0 Å². The summed E-state index contributed by atoms with van der Waals surface area (Å²) in [5.41, 5.74) is 0.706. The van der Waals surface area contributed by atoms with Gasteiger partial charge < -0.3 is 14.8 Å². The first kappa shape index (κ1) is 20.8. The predicted molar refractivity (Wildman–Crippen MR) is 118 cm³/mol. The maximum atomic E-state index is 13.5. The molecule has 10 heteroatoms. The summed E-state index contributed by atoms with van der Waals surface area (Å²) in [7, 11) is -0.495. The van der Waals surface area contributed by atoms with E-state index in [1.807, 2.05) is 13.0 Å². The first-order valence-corrected chi connectivity index (χ1v) is 11.9. The molecule has 160 valence electrons. The second kappa shape index (κ2) is 8.37. The molecule has 1 aromatic carbocycles. The van der Waals surface area contributed by atoms with E-state index in [4.69, 9.17) is 9.47 Å². The van der Waals surface area contributed by atoms with Gasteiger partial charge in [-0.15, -0.1) is 11.3 Å². The molecule has 3 aromatic rings. The molecule has 0 unspecified atom stereocenters. The molecular formula is C20H24N4O4S2. The molecule has 8 nitrogen and oxygen atoms in total. The smallest absolute Gasteiger partial charge is 0.244 e. The van der Waals surface area contributed by atoms with Crippen molar-refractivity contribution in [2.75, 3.05) is 32.6 Å². The second-order valence-electron chi connectivity index (χ2n) is 7.05. The molecule has 2 aromatic heterocycles. The molecule has 1 N–H and O–H groups in total. The van der Waals surface area contributed by atoms with Crippen LogP contribution in [0.3, 0.4) is 0 Å². The molecule has 0 radical (unpaired) electrons. The van der Waals surface area contributed by atoms with Crippen LogP contribution in [0.4, 0.5) is 11.5 Å². The number of sulfonamides is 1. The molecule has 0 aliphatic carbocycles. The number of hydrogen-bond donors (Lipinski definition) is 1. The van der Waals surface area contributed by atoms with Crippen molar-refractivity contribution in [1.82, 2.24) is 14.3 Å². The number of anilines is 2. The summed E-state index contributed by atoms with van der Waals surface area (Å²) < 4.78 is 39.2. The van der Waals surface area contributed by atoms with Gasteiger partial charge in [0.25, 0.3) is 0 Å². The third-order valence-electron chi connectivity index (χ3n) is 5.17. The highest BCUT2D eigenvalue weighted by Gasteiger charge is 2.32. The Morgan fingerprint density at radius 3 is 2.50 bits per heavy atom. The molecule has 1 aliphatic rings. The van der Waals surface area contributed by atoms with Crippen LogP contribution in [0.5, 0.6) is 11.5 Å². The average molecular weight is 449 g/mol. The van der Waals surface area contributed by atoms with Crippen LogP contribution in [0.15, 0.2) is 29.4 Å². The fraction of sp³-hybridized carbons (Fsp3) is 0.400. The fourth-order valence-electron chi connectivity index (χ4n) is 3.71. The van der Waals surface area contributed by atoms with Crippen LogP contribution in [-0.4, -0.2) is 50.0 Å². The Bertz CT molecular complexity index is 1170. The SMILES string of the molecule is COc1ccc(Nc2ncnc3sc(C)c(S(=O)(=O)N4CCCCC4)c23)cc1OC. The van der Waals surface area contributed by atoms with Crippen molar-refractivity contribution in [3.05, 3.63) is 29.4 Å². The Morgan fingerprint density at radius 2 is 1.80 bits per heavy atom. The number of aryl methyl sites for hydroxylation is 1. The number of nitrogens with one attached hydrogen (secondary N) is 1. The zero-order valence-corrected chi connectivity index (χ0v) is 18.8. The highest BCUT2D eigenvalue weighted by molar-refractivity contribution is 7.89. The first-order chi connectivity index (χ1) is 14.5. The van der Waals surface area contributed by atoms with E-state index in [0.717, 1.165) is 19.3 Å². The van der Waals surface area contributed by atoms with Crippen LogP contribution in [0.1, 0.15) is 24.1 Å². The molecule has 1 fully saturated rings. The number of aromatic nitrogens is 2. The van der Waals surface area contributed by atoms with Crippen molar-refractivity contribution >= 4 is 43.1 Å². The van der Waals surface area contributed by atoms with E-state index < -0.39 is 10.0 Å². The monoisotopic (exact) mass is 448 g/mol. The van der Waals surface area contributed by atoms with Crippen molar-refractivity contribution in [1.29, 1.82) is 0 Å². The molecular weight excluding hydrogens is 424 g/mol. The van der Waals surface area contributed by atoms with Gasteiger partial charge in [0, 0.05) is 29.7 Å². The van der Waals surface area contributed by atoms with E-state index in [-0.39, 0.29) is 0 Å².